The van der Waals surface area contributed by atoms with Gasteiger partial charge < -0.3 is 10.1 Å². The van der Waals surface area contributed by atoms with Gasteiger partial charge in [-0.3, -0.25) is 0 Å². The second-order valence-corrected chi connectivity index (χ2v) is 3.43. The minimum Gasteiger partial charge on any atom is -0.462 e. The zero-order valence-electron chi connectivity index (χ0n) is 8.56. The number of carbonyl (C=O) groups excluding carboxylic acids is 1. The summed E-state index contributed by atoms with van der Waals surface area (Å²) in [5, 5.41) is 10.8. The molecule has 1 fully saturated rings. The third kappa shape index (κ3) is 2.43. The molecule has 0 aromatic carbocycles. The molecule has 0 saturated heterocycles. The van der Waals surface area contributed by atoms with Crippen molar-refractivity contribution in [1.29, 1.82) is 0 Å². The van der Waals surface area contributed by atoms with Crippen molar-refractivity contribution in [3.05, 3.63) is 17.8 Å². The van der Waals surface area contributed by atoms with Gasteiger partial charge >= 0.3 is 5.97 Å². The highest BCUT2D eigenvalue weighted by atomic mass is 16.5. The molecule has 0 radical (unpaired) electrons. The van der Waals surface area contributed by atoms with E-state index in [0.717, 1.165) is 12.8 Å². The molecule has 0 spiro atoms. The van der Waals surface area contributed by atoms with Gasteiger partial charge in [0.05, 0.1) is 12.8 Å². The first-order valence-electron chi connectivity index (χ1n) is 5.06. The van der Waals surface area contributed by atoms with Gasteiger partial charge in [-0.25, -0.2) is 4.79 Å². The maximum atomic E-state index is 11.5. The average Bonchev–Trinajstić information content (AvgIpc) is 3.03. The molecule has 1 aromatic rings. The number of aromatic nitrogens is 2. The van der Waals surface area contributed by atoms with Gasteiger partial charge in [-0.1, -0.05) is 0 Å². The minimum atomic E-state index is -0.351. The van der Waals surface area contributed by atoms with E-state index in [4.69, 9.17) is 4.74 Å². The van der Waals surface area contributed by atoms with E-state index in [1.165, 1.54) is 6.20 Å². The number of hydrogen-bond donors (Lipinski definition) is 1. The molecule has 0 atom stereocenters. The second kappa shape index (κ2) is 4.25. The van der Waals surface area contributed by atoms with E-state index in [9.17, 15) is 4.79 Å². The van der Waals surface area contributed by atoms with Crippen LogP contribution >= 0.6 is 0 Å². The number of nitrogens with one attached hydrogen (secondary N) is 1. The van der Waals surface area contributed by atoms with Crippen LogP contribution in [0.3, 0.4) is 0 Å². The summed E-state index contributed by atoms with van der Waals surface area (Å²) in [5.74, 6) is 0.175. The summed E-state index contributed by atoms with van der Waals surface area (Å²) in [5.41, 5.74) is 0.457. The van der Waals surface area contributed by atoms with Crippen LogP contribution < -0.4 is 5.32 Å². The van der Waals surface area contributed by atoms with E-state index in [0.29, 0.717) is 24.0 Å². The maximum absolute atomic E-state index is 11.5. The van der Waals surface area contributed by atoms with Crippen molar-refractivity contribution in [3.63, 3.8) is 0 Å². The van der Waals surface area contributed by atoms with Crippen LogP contribution in [0.5, 0.6) is 0 Å². The van der Waals surface area contributed by atoms with E-state index in [1.54, 1.807) is 13.0 Å². The zero-order valence-corrected chi connectivity index (χ0v) is 8.56. The monoisotopic (exact) mass is 207 g/mol. The van der Waals surface area contributed by atoms with E-state index in [2.05, 4.69) is 15.5 Å². The lowest BCUT2D eigenvalue weighted by atomic mass is 10.3. The number of ether oxygens (including phenoxy) is 1. The van der Waals surface area contributed by atoms with Crippen molar-refractivity contribution in [3.8, 4) is 0 Å². The lowest BCUT2D eigenvalue weighted by Gasteiger charge is -2.07. The molecule has 1 aliphatic rings. The van der Waals surface area contributed by atoms with Crippen LogP contribution in [0.15, 0.2) is 12.3 Å². The van der Waals surface area contributed by atoms with Crippen molar-refractivity contribution in [2.75, 3.05) is 11.9 Å². The van der Waals surface area contributed by atoms with Gasteiger partial charge in [0.2, 0.25) is 0 Å². The van der Waals surface area contributed by atoms with E-state index in [-0.39, 0.29) is 5.97 Å². The van der Waals surface area contributed by atoms with Gasteiger partial charge in [0, 0.05) is 6.04 Å². The van der Waals surface area contributed by atoms with Gasteiger partial charge in [0.25, 0.3) is 0 Å². The molecule has 1 aliphatic carbocycles. The number of nitrogens with zero attached hydrogens (tertiary/aromatic N) is 2. The highest BCUT2D eigenvalue weighted by Crippen LogP contribution is 2.25. The Morgan fingerprint density at radius 1 is 1.67 bits per heavy atom. The molecule has 0 aliphatic heterocycles. The topological polar surface area (TPSA) is 64.1 Å². The Hall–Kier alpha value is -1.65. The van der Waals surface area contributed by atoms with Crippen LogP contribution in [0, 0.1) is 0 Å². The SMILES string of the molecule is CCOC(=O)c1ccnnc1NC1CC1. The lowest BCUT2D eigenvalue weighted by molar-refractivity contribution is 0.0527. The number of esters is 1. The van der Waals surface area contributed by atoms with Crippen molar-refractivity contribution < 1.29 is 9.53 Å². The summed E-state index contributed by atoms with van der Waals surface area (Å²) in [4.78, 5) is 11.5. The first-order valence-corrected chi connectivity index (χ1v) is 5.06. The fraction of sp³-hybridized carbons (Fsp3) is 0.500. The highest BCUT2D eigenvalue weighted by molar-refractivity contribution is 5.94. The molecule has 0 unspecified atom stereocenters. The standard InChI is InChI=1S/C10H13N3O2/c1-2-15-10(14)8-5-6-11-13-9(8)12-7-3-4-7/h5-7H,2-4H2,1H3,(H,12,13). The van der Waals surface area contributed by atoms with Crippen LogP contribution in [0.25, 0.3) is 0 Å². The number of hydrogen-bond acceptors (Lipinski definition) is 5. The zero-order chi connectivity index (χ0) is 10.7. The third-order valence-corrected chi connectivity index (χ3v) is 2.13. The fourth-order valence-corrected chi connectivity index (χ4v) is 1.23. The van der Waals surface area contributed by atoms with Crippen molar-refractivity contribution in [2.45, 2.75) is 25.8 Å². The smallest absolute Gasteiger partial charge is 0.342 e. The third-order valence-electron chi connectivity index (χ3n) is 2.13. The first-order chi connectivity index (χ1) is 7.31. The lowest BCUT2D eigenvalue weighted by Crippen LogP contribution is -2.13. The quantitative estimate of drug-likeness (QED) is 0.752. The molecule has 1 aromatic heterocycles. The Balaban J connectivity index is 2.16. The molecule has 2 rings (SSSR count). The van der Waals surface area contributed by atoms with Crippen molar-refractivity contribution in [1.82, 2.24) is 10.2 Å². The van der Waals surface area contributed by atoms with E-state index < -0.39 is 0 Å². The predicted octanol–water partition coefficient (Wildman–Crippen LogP) is 1.23. The summed E-state index contributed by atoms with van der Waals surface area (Å²) < 4.78 is 4.92. The number of carbonyl (C=O) groups is 1. The van der Waals surface area contributed by atoms with Gasteiger partial charge in [-0.2, -0.15) is 5.10 Å². The maximum Gasteiger partial charge on any atom is 0.342 e. The minimum absolute atomic E-state index is 0.351. The Bertz CT molecular complexity index is 363. The van der Waals surface area contributed by atoms with Crippen LogP contribution in [0.4, 0.5) is 5.82 Å². The Morgan fingerprint density at radius 2 is 2.47 bits per heavy atom. The summed E-state index contributed by atoms with van der Waals surface area (Å²) >= 11 is 0. The Morgan fingerprint density at radius 3 is 3.13 bits per heavy atom. The van der Waals surface area contributed by atoms with Crippen LogP contribution in [0.1, 0.15) is 30.1 Å². The molecule has 80 valence electrons. The molecule has 1 saturated carbocycles. The van der Waals surface area contributed by atoms with E-state index in [1.807, 2.05) is 0 Å². The van der Waals surface area contributed by atoms with Gasteiger partial charge in [-0.15, -0.1) is 5.10 Å². The second-order valence-electron chi connectivity index (χ2n) is 3.43. The summed E-state index contributed by atoms with van der Waals surface area (Å²) in [6, 6.07) is 2.06. The van der Waals surface area contributed by atoms with Crippen LogP contribution in [0.2, 0.25) is 0 Å². The molecule has 5 heteroatoms. The molecule has 1 N–H and O–H groups in total. The van der Waals surface area contributed by atoms with Crippen LogP contribution in [-0.2, 0) is 4.74 Å². The normalized spacial score (nSPS) is 14.7. The average molecular weight is 207 g/mol. The summed E-state index contributed by atoms with van der Waals surface area (Å²) in [6.45, 7) is 2.14. The first kappa shape index (κ1) is 9.89. The molecule has 1 heterocycles. The Kier molecular flexibility index (Phi) is 2.80. The summed E-state index contributed by atoms with van der Waals surface area (Å²) in [7, 11) is 0. The van der Waals surface area contributed by atoms with Gasteiger partial charge in [0.1, 0.15) is 5.56 Å². The van der Waals surface area contributed by atoms with Gasteiger partial charge in [0.15, 0.2) is 5.82 Å². The molecule has 0 amide bonds. The molecular formula is C10H13N3O2. The number of rotatable bonds is 4. The Labute approximate surface area is 87.8 Å². The largest absolute Gasteiger partial charge is 0.462 e. The number of anilines is 1. The van der Waals surface area contributed by atoms with Crippen molar-refractivity contribution >= 4 is 11.8 Å². The van der Waals surface area contributed by atoms with Crippen LogP contribution in [-0.4, -0.2) is 28.8 Å². The fourth-order valence-electron chi connectivity index (χ4n) is 1.23. The predicted molar refractivity (Wildman–Crippen MR) is 54.6 cm³/mol. The molecule has 0 bridgehead atoms. The molecule has 15 heavy (non-hydrogen) atoms. The van der Waals surface area contributed by atoms with Gasteiger partial charge in [-0.05, 0) is 25.8 Å². The van der Waals surface area contributed by atoms with Crippen molar-refractivity contribution in [2.24, 2.45) is 0 Å². The van der Waals surface area contributed by atoms with E-state index >= 15 is 0 Å². The summed E-state index contributed by atoms with van der Waals surface area (Å²) in [6.07, 6.45) is 3.74. The molecule has 5 nitrogen and oxygen atoms in total. The highest BCUT2D eigenvalue weighted by Gasteiger charge is 2.24. The molecular weight excluding hydrogens is 194 g/mol.